The zero-order valence-corrected chi connectivity index (χ0v) is 31.9. The molecular formula is C36H46N8O13S. The summed E-state index contributed by atoms with van der Waals surface area (Å²) in [5, 5.41) is 62.7. The molecule has 1 saturated heterocycles. The Hall–Kier alpha value is -5.94. The maximum Gasteiger partial charge on any atom is 0.330 e. The third-order valence-electron chi connectivity index (χ3n) is 8.94. The molecular weight excluding hydrogens is 785 g/mol. The molecule has 0 aliphatic carbocycles. The number of aromatic amines is 1. The molecule has 2 aromatic carbocycles. The zero-order chi connectivity index (χ0) is 42.5. The number of carbonyl (C=O) groups is 5. The molecule has 0 unspecified atom stereocenters. The van der Waals surface area contributed by atoms with Gasteiger partial charge < -0.3 is 62.6 Å². The highest BCUT2D eigenvalue weighted by atomic mass is 32.2. The van der Waals surface area contributed by atoms with E-state index in [1.54, 1.807) is 24.5 Å². The number of carbonyl (C=O) groups excluding carboxylic acids is 4. The number of aliphatic carboxylic acids is 1. The number of ether oxygens (including phenoxy) is 1. The van der Waals surface area contributed by atoms with Crippen LogP contribution in [0, 0.1) is 0 Å². The lowest BCUT2D eigenvalue weighted by Gasteiger charge is -2.25. The van der Waals surface area contributed by atoms with Crippen LogP contribution in [0.3, 0.4) is 0 Å². The third-order valence-corrected chi connectivity index (χ3v) is 9.59. The standard InChI is InChI=1S/C36H46N8O13S/c1-58-11-9-23(41-35(55)42-24(34(53)54)15-19-5-3-7-21(46)13-19)32(52)40-25(16-38-30(50)22(37)14-18-4-2-6-20(45)12-18)31(51)39-17-26-28(48)29(49)33(57-26)44-10-8-27(47)43-36(44)56/h2-8,10,12-13,22-26,28-29,33,45-46,48-49H,9,11,14-17,37H2,1H3,(H,38,50)(H,39,51)(H,40,52)(H,53,54)(H2,41,42,55)(H,43,47,56)/t22-,23-,24+,25+,26-,28-,29-,33-/m1/s1. The highest BCUT2D eigenvalue weighted by molar-refractivity contribution is 7.98. The van der Waals surface area contributed by atoms with Gasteiger partial charge in [-0.15, -0.1) is 0 Å². The van der Waals surface area contributed by atoms with E-state index >= 15 is 0 Å². The van der Waals surface area contributed by atoms with Crippen LogP contribution in [0.25, 0.3) is 0 Å². The van der Waals surface area contributed by atoms with E-state index in [0.717, 1.165) is 16.8 Å². The highest BCUT2D eigenvalue weighted by Gasteiger charge is 2.44. The molecule has 0 saturated carbocycles. The number of nitrogens with one attached hydrogen (secondary N) is 6. The number of phenolic OH excluding ortho intramolecular Hbond substituents is 2. The van der Waals surface area contributed by atoms with E-state index in [0.29, 0.717) is 16.9 Å². The van der Waals surface area contributed by atoms with Crippen molar-refractivity contribution in [1.29, 1.82) is 0 Å². The molecule has 1 aromatic heterocycles. The number of carboxylic acid groups (broad SMARTS) is 1. The molecule has 0 radical (unpaired) electrons. The molecule has 22 heteroatoms. The van der Waals surface area contributed by atoms with E-state index < -0.39 is 103 Å². The Morgan fingerprint density at radius 3 is 2.09 bits per heavy atom. The molecule has 314 valence electrons. The first kappa shape index (κ1) is 44.8. The van der Waals surface area contributed by atoms with Crippen LogP contribution < -0.4 is 43.6 Å². The summed E-state index contributed by atoms with van der Waals surface area (Å²) in [6, 6.07) is 6.34. The van der Waals surface area contributed by atoms with Gasteiger partial charge in [0.15, 0.2) is 6.23 Å². The first-order valence-corrected chi connectivity index (χ1v) is 19.2. The van der Waals surface area contributed by atoms with Gasteiger partial charge in [-0.3, -0.25) is 28.7 Å². The van der Waals surface area contributed by atoms with Crippen molar-refractivity contribution >= 4 is 41.5 Å². The van der Waals surface area contributed by atoms with Gasteiger partial charge in [-0.1, -0.05) is 24.3 Å². The highest BCUT2D eigenvalue weighted by Crippen LogP contribution is 2.28. The minimum absolute atomic E-state index is 0.000801. The van der Waals surface area contributed by atoms with Crippen molar-refractivity contribution in [3.8, 4) is 11.5 Å². The fourth-order valence-corrected chi connectivity index (χ4v) is 6.38. The number of phenols is 2. The summed E-state index contributed by atoms with van der Waals surface area (Å²) < 4.78 is 6.49. The van der Waals surface area contributed by atoms with Gasteiger partial charge in [-0.05, 0) is 60.2 Å². The SMILES string of the molecule is CSCC[C@@H](NC(=O)N[C@@H](Cc1cccc(O)c1)C(=O)O)C(=O)N[C@@H](CNC(=O)[C@H](N)Cc1cccc(O)c1)C(=O)NC[C@H]1O[C@@H](n2ccc(=O)[nH]c2=O)[C@H](O)[C@@H]1O. The van der Waals surface area contributed by atoms with Crippen LogP contribution in [-0.2, 0) is 36.8 Å². The van der Waals surface area contributed by atoms with E-state index in [4.69, 9.17) is 10.5 Å². The number of aromatic hydroxyl groups is 2. The van der Waals surface area contributed by atoms with Crippen LogP contribution in [-0.4, -0.2) is 132 Å². The molecule has 1 fully saturated rings. The molecule has 5 amide bonds. The lowest BCUT2D eigenvalue weighted by molar-refractivity contribution is -0.139. The Kier molecular flexibility index (Phi) is 16.2. The molecule has 0 spiro atoms. The minimum Gasteiger partial charge on any atom is -0.508 e. The van der Waals surface area contributed by atoms with Crippen molar-refractivity contribution in [2.45, 2.75) is 68.0 Å². The fraction of sp³-hybridized carbons (Fsp3) is 0.417. The number of carboxylic acids is 1. The molecule has 1 aliphatic rings. The van der Waals surface area contributed by atoms with Crippen LogP contribution in [0.2, 0.25) is 0 Å². The van der Waals surface area contributed by atoms with Gasteiger partial charge in [0.2, 0.25) is 17.7 Å². The first-order chi connectivity index (χ1) is 27.6. The number of benzene rings is 2. The number of nitrogens with zero attached hydrogens (tertiary/aromatic N) is 1. The third kappa shape index (κ3) is 12.8. The predicted molar refractivity (Wildman–Crippen MR) is 207 cm³/mol. The minimum atomic E-state index is -1.66. The van der Waals surface area contributed by atoms with E-state index in [9.17, 15) is 59.1 Å². The lowest BCUT2D eigenvalue weighted by Crippen LogP contribution is -2.60. The Balaban J connectivity index is 1.47. The maximum atomic E-state index is 13.7. The summed E-state index contributed by atoms with van der Waals surface area (Å²) in [6.07, 6.45) is -3.42. The maximum absolute atomic E-state index is 13.7. The van der Waals surface area contributed by atoms with E-state index in [1.165, 1.54) is 42.1 Å². The summed E-state index contributed by atoms with van der Waals surface area (Å²) in [6.45, 7) is -1.02. The molecule has 8 atom stereocenters. The predicted octanol–water partition coefficient (Wildman–Crippen LogP) is -3.03. The number of hydrogen-bond donors (Lipinski definition) is 12. The van der Waals surface area contributed by atoms with Crippen molar-refractivity contribution in [3.05, 3.63) is 92.8 Å². The number of H-pyrrole nitrogens is 1. The molecule has 21 nitrogen and oxygen atoms in total. The van der Waals surface area contributed by atoms with Gasteiger partial charge in [0.05, 0.1) is 6.04 Å². The Morgan fingerprint density at radius 2 is 1.48 bits per heavy atom. The Labute approximate surface area is 334 Å². The Morgan fingerprint density at radius 1 is 0.845 bits per heavy atom. The molecule has 2 heterocycles. The Bertz CT molecular complexity index is 2050. The molecule has 13 N–H and O–H groups in total. The number of urea groups is 1. The number of nitrogens with two attached hydrogens (primary N) is 1. The lowest BCUT2D eigenvalue weighted by atomic mass is 10.1. The number of thioether (sulfide) groups is 1. The van der Waals surface area contributed by atoms with Gasteiger partial charge in [0, 0.05) is 31.8 Å². The van der Waals surface area contributed by atoms with Crippen molar-refractivity contribution < 1.29 is 54.2 Å². The summed E-state index contributed by atoms with van der Waals surface area (Å²) in [4.78, 5) is 91.2. The van der Waals surface area contributed by atoms with E-state index in [-0.39, 0.29) is 30.8 Å². The van der Waals surface area contributed by atoms with E-state index in [1.807, 2.05) is 4.98 Å². The molecule has 3 aromatic rings. The van der Waals surface area contributed by atoms with Crippen LogP contribution in [0.5, 0.6) is 11.5 Å². The van der Waals surface area contributed by atoms with Gasteiger partial charge in [-0.25, -0.2) is 14.4 Å². The quantitative estimate of drug-likeness (QED) is 0.0572. The number of aliphatic hydroxyl groups excluding tert-OH is 2. The average Bonchev–Trinajstić information content (AvgIpc) is 3.45. The van der Waals surface area contributed by atoms with Crippen molar-refractivity contribution in [3.63, 3.8) is 0 Å². The number of rotatable bonds is 19. The van der Waals surface area contributed by atoms with Gasteiger partial charge in [0.25, 0.3) is 5.56 Å². The molecule has 0 bridgehead atoms. The molecule has 1 aliphatic heterocycles. The second kappa shape index (κ2) is 21.0. The fourth-order valence-electron chi connectivity index (χ4n) is 5.91. The average molecular weight is 831 g/mol. The van der Waals surface area contributed by atoms with Crippen LogP contribution in [0.4, 0.5) is 4.79 Å². The molecule has 58 heavy (non-hydrogen) atoms. The van der Waals surface area contributed by atoms with Crippen molar-refractivity contribution in [2.75, 3.05) is 25.1 Å². The van der Waals surface area contributed by atoms with Crippen molar-refractivity contribution in [1.82, 2.24) is 36.1 Å². The van der Waals surface area contributed by atoms with Crippen LogP contribution in [0.1, 0.15) is 23.8 Å². The molecule has 4 rings (SSSR count). The monoisotopic (exact) mass is 830 g/mol. The number of amides is 5. The second-order valence-corrected chi connectivity index (χ2v) is 14.3. The van der Waals surface area contributed by atoms with Gasteiger partial charge in [-0.2, -0.15) is 11.8 Å². The van der Waals surface area contributed by atoms with E-state index in [2.05, 4.69) is 26.6 Å². The van der Waals surface area contributed by atoms with Crippen molar-refractivity contribution in [2.24, 2.45) is 5.73 Å². The van der Waals surface area contributed by atoms with Gasteiger partial charge >= 0.3 is 17.7 Å². The summed E-state index contributed by atoms with van der Waals surface area (Å²) in [5.41, 5.74) is 5.40. The largest absolute Gasteiger partial charge is 0.508 e. The van der Waals surface area contributed by atoms with Gasteiger partial charge in [0.1, 0.15) is 47.9 Å². The number of hydrogen-bond acceptors (Lipinski definition) is 14. The smallest absolute Gasteiger partial charge is 0.330 e. The zero-order valence-electron chi connectivity index (χ0n) is 31.1. The second-order valence-electron chi connectivity index (χ2n) is 13.3. The topological polar surface area (TPSA) is 337 Å². The number of aromatic nitrogens is 2. The summed E-state index contributed by atoms with van der Waals surface area (Å²) >= 11 is 1.33. The summed E-state index contributed by atoms with van der Waals surface area (Å²) in [5.74, 6) is -3.75. The number of aliphatic hydroxyl groups is 2. The first-order valence-electron chi connectivity index (χ1n) is 17.8. The summed E-state index contributed by atoms with van der Waals surface area (Å²) in [7, 11) is 0. The van der Waals surface area contributed by atoms with Crippen LogP contribution >= 0.6 is 11.8 Å². The normalized spacial score (nSPS) is 19.5. The van der Waals surface area contributed by atoms with Crippen LogP contribution in [0.15, 0.2) is 70.4 Å².